The van der Waals surface area contributed by atoms with Crippen LogP contribution in [0.15, 0.2) is 53.6 Å². The Morgan fingerprint density at radius 3 is 2.14 bits per heavy atom. The Balaban J connectivity index is 2.08. The van der Waals surface area contributed by atoms with E-state index in [1.165, 1.54) is 10.2 Å². The molecule has 0 saturated carbocycles. The van der Waals surface area contributed by atoms with E-state index in [2.05, 4.69) is 27.9 Å². The summed E-state index contributed by atoms with van der Waals surface area (Å²) in [5.74, 6) is -0.647. The minimum Gasteiger partial charge on any atom is -0.458 e. The van der Waals surface area contributed by atoms with Crippen molar-refractivity contribution in [3.63, 3.8) is 0 Å². The Morgan fingerprint density at radius 2 is 1.57 bits per heavy atom. The van der Waals surface area contributed by atoms with Gasteiger partial charge in [0.1, 0.15) is 17.2 Å². The van der Waals surface area contributed by atoms with Crippen molar-refractivity contribution >= 4 is 55.6 Å². The lowest BCUT2D eigenvalue weighted by Gasteiger charge is -2.26. The minimum atomic E-state index is -3.93. The van der Waals surface area contributed by atoms with Gasteiger partial charge < -0.3 is 14.8 Å². The van der Waals surface area contributed by atoms with Crippen molar-refractivity contribution in [2.24, 2.45) is 0 Å². The fourth-order valence-corrected chi connectivity index (χ4v) is 5.52. The topological polar surface area (TPSA) is 104 Å². The van der Waals surface area contributed by atoms with Crippen LogP contribution in [0.1, 0.15) is 52.7 Å². The Hall–Kier alpha value is -2.60. The van der Waals surface area contributed by atoms with Gasteiger partial charge in [-0.1, -0.05) is 23.8 Å². The monoisotopic (exact) mass is 640 g/mol. The maximum atomic E-state index is 13.6. The van der Waals surface area contributed by atoms with Gasteiger partial charge in [0.2, 0.25) is 0 Å². The molecule has 0 aliphatic carbocycles. The molecule has 3 aromatic rings. The number of amides is 1. The van der Waals surface area contributed by atoms with Crippen LogP contribution in [0.4, 0.5) is 4.79 Å². The molecule has 1 heterocycles. The number of alkyl carbamates (subject to hydrolysis) is 1. The molecule has 1 aromatic heterocycles. The second kappa shape index (κ2) is 10.6. The van der Waals surface area contributed by atoms with Crippen LogP contribution >= 0.6 is 22.6 Å². The average molecular weight is 641 g/mol. The van der Waals surface area contributed by atoms with Gasteiger partial charge in [-0.25, -0.2) is 22.0 Å². The summed E-state index contributed by atoms with van der Waals surface area (Å²) in [6, 6.07) is 11.0. The van der Waals surface area contributed by atoms with Gasteiger partial charge in [0, 0.05) is 21.6 Å². The molecule has 0 spiro atoms. The van der Waals surface area contributed by atoms with Crippen LogP contribution in [-0.4, -0.2) is 41.7 Å². The Kier molecular flexibility index (Phi) is 8.33. The van der Waals surface area contributed by atoms with Crippen LogP contribution < -0.4 is 5.32 Å². The number of ether oxygens (including phenoxy) is 2. The molecule has 1 amide bonds. The van der Waals surface area contributed by atoms with E-state index in [9.17, 15) is 18.0 Å². The van der Waals surface area contributed by atoms with Gasteiger partial charge in [-0.3, -0.25) is 0 Å². The van der Waals surface area contributed by atoms with Crippen molar-refractivity contribution in [3.05, 3.63) is 63.4 Å². The van der Waals surface area contributed by atoms with E-state index in [1.54, 1.807) is 71.9 Å². The first-order valence-electron chi connectivity index (χ1n) is 11.8. The highest BCUT2D eigenvalue weighted by Crippen LogP contribution is 2.29. The maximum absolute atomic E-state index is 13.6. The van der Waals surface area contributed by atoms with Gasteiger partial charge in [0.15, 0.2) is 0 Å². The molecule has 2 aromatic carbocycles. The van der Waals surface area contributed by atoms with E-state index in [4.69, 9.17) is 9.47 Å². The largest absolute Gasteiger partial charge is 0.458 e. The van der Waals surface area contributed by atoms with E-state index < -0.39 is 39.3 Å². The molecule has 0 aliphatic heterocycles. The van der Waals surface area contributed by atoms with E-state index in [-0.39, 0.29) is 11.3 Å². The third-order valence-electron chi connectivity index (χ3n) is 5.20. The first kappa shape index (κ1) is 29.0. The quantitative estimate of drug-likeness (QED) is 0.279. The number of aryl methyl sites for hydroxylation is 1. The predicted molar refractivity (Wildman–Crippen MR) is 151 cm³/mol. The van der Waals surface area contributed by atoms with Crippen molar-refractivity contribution in [1.82, 2.24) is 9.29 Å². The summed E-state index contributed by atoms with van der Waals surface area (Å²) >= 11 is 2.12. The number of rotatable bonds is 6. The number of nitrogens with one attached hydrogen (secondary N) is 1. The molecule has 0 unspecified atom stereocenters. The molecule has 1 N–H and O–H groups in total. The summed E-state index contributed by atoms with van der Waals surface area (Å²) in [5.41, 5.74) is 0.429. The predicted octanol–water partition coefficient (Wildman–Crippen LogP) is 5.57. The number of benzene rings is 2. The molecule has 0 bridgehead atoms. The van der Waals surface area contributed by atoms with Gasteiger partial charge in [-0.2, -0.15) is 0 Å². The zero-order valence-corrected chi connectivity index (χ0v) is 25.1. The molecule has 1 atom stereocenters. The third kappa shape index (κ3) is 7.47. The van der Waals surface area contributed by atoms with Crippen molar-refractivity contribution < 1.29 is 27.5 Å². The molecule has 0 aliphatic rings. The number of carbonyl (C=O) groups is 2. The zero-order valence-electron chi connectivity index (χ0n) is 22.1. The summed E-state index contributed by atoms with van der Waals surface area (Å²) in [6.07, 6.45) is 0.736. The molecule has 0 saturated heterocycles. The summed E-state index contributed by atoms with van der Waals surface area (Å²) in [5, 5.41) is 3.26. The second-order valence-corrected chi connectivity index (χ2v) is 13.9. The van der Waals surface area contributed by atoms with Crippen LogP contribution in [0, 0.1) is 10.5 Å². The van der Waals surface area contributed by atoms with Gasteiger partial charge in [-0.15, -0.1) is 0 Å². The number of aromatic nitrogens is 1. The number of halogens is 1. The third-order valence-corrected chi connectivity index (χ3v) is 7.56. The number of fused-ring (bicyclic) bond motifs is 1. The highest BCUT2D eigenvalue weighted by molar-refractivity contribution is 14.1. The van der Waals surface area contributed by atoms with Crippen LogP contribution in [0.2, 0.25) is 0 Å². The standard InChI is InChI=1S/C27H33IN2O6S/c1-17-8-11-20(12-9-17)37(33,34)30-16-18(21-13-10-19(28)15-23(21)30)14-22(24(31)35-26(2,3)4)29-25(32)36-27(5,6)7/h8-13,15-16,22H,14H2,1-7H3,(H,29,32)/t22-/m0/s1. The lowest BCUT2D eigenvalue weighted by Crippen LogP contribution is -2.47. The number of esters is 1. The molecule has 0 fully saturated rings. The van der Waals surface area contributed by atoms with Crippen LogP contribution in [0.25, 0.3) is 10.9 Å². The number of nitrogens with zero attached hydrogens (tertiary/aromatic N) is 1. The van der Waals surface area contributed by atoms with E-state index in [1.807, 2.05) is 19.1 Å². The van der Waals surface area contributed by atoms with E-state index in [0.29, 0.717) is 16.5 Å². The number of carbonyl (C=O) groups excluding carboxylic acids is 2. The normalized spacial score (nSPS) is 13.3. The Labute approximate surface area is 231 Å². The van der Waals surface area contributed by atoms with Crippen molar-refractivity contribution in [3.8, 4) is 0 Å². The molecule has 3 rings (SSSR count). The van der Waals surface area contributed by atoms with Crippen LogP contribution in [0.3, 0.4) is 0 Å². The minimum absolute atomic E-state index is 0.00165. The van der Waals surface area contributed by atoms with Crippen LogP contribution in [-0.2, 0) is 30.7 Å². The highest BCUT2D eigenvalue weighted by atomic mass is 127. The first-order valence-corrected chi connectivity index (χ1v) is 14.3. The fraction of sp³-hybridized carbons (Fsp3) is 0.407. The van der Waals surface area contributed by atoms with Crippen molar-refractivity contribution in [2.45, 2.75) is 77.0 Å². The SMILES string of the molecule is Cc1ccc(S(=O)(=O)n2cc(C[C@H](NC(=O)OC(C)(C)C)C(=O)OC(C)(C)C)c3ccc(I)cc32)cc1. The maximum Gasteiger partial charge on any atom is 0.408 e. The lowest BCUT2D eigenvalue weighted by molar-refractivity contribution is -0.157. The van der Waals surface area contributed by atoms with E-state index in [0.717, 1.165) is 9.13 Å². The number of hydrogen-bond acceptors (Lipinski definition) is 6. The van der Waals surface area contributed by atoms with Crippen molar-refractivity contribution in [1.29, 1.82) is 0 Å². The second-order valence-electron chi connectivity index (χ2n) is 10.9. The molecular formula is C27H33IN2O6S. The smallest absolute Gasteiger partial charge is 0.408 e. The summed E-state index contributed by atoms with van der Waals surface area (Å²) in [6.45, 7) is 12.3. The summed E-state index contributed by atoms with van der Waals surface area (Å²) < 4.78 is 40.2. The summed E-state index contributed by atoms with van der Waals surface area (Å²) in [4.78, 5) is 25.8. The summed E-state index contributed by atoms with van der Waals surface area (Å²) in [7, 11) is -3.93. The molecule has 0 radical (unpaired) electrons. The zero-order chi connectivity index (χ0) is 27.8. The molecular weight excluding hydrogens is 607 g/mol. The molecule has 10 heteroatoms. The van der Waals surface area contributed by atoms with Crippen molar-refractivity contribution in [2.75, 3.05) is 0 Å². The van der Waals surface area contributed by atoms with Gasteiger partial charge >= 0.3 is 12.1 Å². The molecule has 37 heavy (non-hydrogen) atoms. The Morgan fingerprint density at radius 1 is 0.973 bits per heavy atom. The molecule has 8 nitrogen and oxygen atoms in total. The van der Waals surface area contributed by atoms with Gasteiger partial charge in [0.05, 0.1) is 10.4 Å². The first-order chi connectivity index (χ1) is 17.0. The fourth-order valence-electron chi connectivity index (χ4n) is 3.66. The van der Waals surface area contributed by atoms with E-state index >= 15 is 0 Å². The molecule has 200 valence electrons. The average Bonchev–Trinajstić information content (AvgIpc) is 3.09. The van der Waals surface area contributed by atoms with Gasteiger partial charge in [-0.05, 0) is 101 Å². The van der Waals surface area contributed by atoms with Crippen LogP contribution in [0.5, 0.6) is 0 Å². The van der Waals surface area contributed by atoms with Gasteiger partial charge in [0.25, 0.3) is 10.0 Å². The number of hydrogen-bond donors (Lipinski definition) is 1. The lowest BCUT2D eigenvalue weighted by atomic mass is 10.0. The Bertz CT molecular complexity index is 1410. The highest BCUT2D eigenvalue weighted by Gasteiger charge is 2.31.